The molecule has 0 spiro atoms. The van der Waals surface area contributed by atoms with Crippen molar-refractivity contribution in [1.82, 2.24) is 0 Å². The number of hydrogen-bond acceptors (Lipinski definition) is 3. The highest BCUT2D eigenvalue weighted by Crippen LogP contribution is 2.32. The normalized spacial score (nSPS) is 11.6. The van der Waals surface area contributed by atoms with E-state index in [9.17, 15) is 8.42 Å². The van der Waals surface area contributed by atoms with Gasteiger partial charge in [0, 0.05) is 0 Å². The number of sulfonamides is 1. The fourth-order valence-corrected chi connectivity index (χ4v) is 4.02. The van der Waals surface area contributed by atoms with Crippen LogP contribution in [0.5, 0.6) is 5.75 Å². The van der Waals surface area contributed by atoms with Crippen LogP contribution in [0.25, 0.3) is 0 Å². The lowest BCUT2D eigenvalue weighted by Gasteiger charge is -2.17. The van der Waals surface area contributed by atoms with Crippen molar-refractivity contribution in [2.45, 2.75) is 45.4 Å². The molecule has 0 aliphatic carbocycles. The predicted molar refractivity (Wildman–Crippen MR) is 98.5 cm³/mol. The van der Waals surface area contributed by atoms with Crippen molar-refractivity contribution >= 4 is 15.7 Å². The SMILES string of the molecule is COc1cc(C)c(S(=O)(=O)Nc2cc(C)ccc2C)cc1C(C)C. The monoisotopic (exact) mass is 347 g/mol. The van der Waals surface area contributed by atoms with Gasteiger partial charge in [-0.2, -0.15) is 0 Å². The Bertz CT molecular complexity index is 855. The molecule has 5 heteroatoms. The molecule has 0 saturated carbocycles. The average Bonchev–Trinajstić information content (AvgIpc) is 2.49. The Kier molecular flexibility index (Phi) is 5.23. The molecule has 2 rings (SSSR count). The molecule has 0 atom stereocenters. The van der Waals surface area contributed by atoms with E-state index >= 15 is 0 Å². The fraction of sp³-hybridized carbons (Fsp3) is 0.368. The van der Waals surface area contributed by atoms with Gasteiger partial charge in [-0.05, 0) is 67.1 Å². The van der Waals surface area contributed by atoms with Crippen molar-refractivity contribution in [3.63, 3.8) is 0 Å². The summed E-state index contributed by atoms with van der Waals surface area (Å²) in [6, 6.07) is 9.21. The molecule has 0 bridgehead atoms. The second kappa shape index (κ2) is 6.85. The zero-order valence-electron chi connectivity index (χ0n) is 15.1. The Hall–Kier alpha value is -2.01. The van der Waals surface area contributed by atoms with Crippen LogP contribution >= 0.6 is 0 Å². The lowest BCUT2D eigenvalue weighted by Crippen LogP contribution is -2.16. The smallest absolute Gasteiger partial charge is 0.262 e. The van der Waals surface area contributed by atoms with Gasteiger partial charge in [0.15, 0.2) is 0 Å². The molecule has 0 amide bonds. The van der Waals surface area contributed by atoms with Crippen molar-refractivity contribution in [3.05, 3.63) is 52.6 Å². The summed E-state index contributed by atoms with van der Waals surface area (Å²) < 4.78 is 33.9. The first-order valence-electron chi connectivity index (χ1n) is 7.94. The lowest BCUT2D eigenvalue weighted by molar-refractivity contribution is 0.406. The summed E-state index contributed by atoms with van der Waals surface area (Å²) in [5, 5.41) is 0. The number of rotatable bonds is 5. The van der Waals surface area contributed by atoms with Gasteiger partial charge in [-0.15, -0.1) is 0 Å². The van der Waals surface area contributed by atoms with Gasteiger partial charge in [-0.3, -0.25) is 4.72 Å². The summed E-state index contributed by atoms with van der Waals surface area (Å²) in [5.41, 5.74) is 4.04. The minimum atomic E-state index is -3.67. The molecule has 0 aromatic heterocycles. The van der Waals surface area contributed by atoms with E-state index in [1.54, 1.807) is 26.2 Å². The maximum absolute atomic E-state index is 12.9. The highest BCUT2D eigenvalue weighted by molar-refractivity contribution is 7.92. The highest BCUT2D eigenvalue weighted by Gasteiger charge is 2.21. The molecule has 0 aliphatic rings. The Labute approximate surface area is 144 Å². The Morgan fingerprint density at radius 2 is 1.67 bits per heavy atom. The summed E-state index contributed by atoms with van der Waals surface area (Å²) >= 11 is 0. The Morgan fingerprint density at radius 3 is 2.25 bits per heavy atom. The van der Waals surface area contributed by atoms with Crippen LogP contribution in [-0.2, 0) is 10.0 Å². The molecule has 1 N–H and O–H groups in total. The predicted octanol–water partition coefficient (Wildman–Crippen LogP) is 4.54. The minimum Gasteiger partial charge on any atom is -0.496 e. The third-order valence-electron chi connectivity index (χ3n) is 4.08. The van der Waals surface area contributed by atoms with Crippen LogP contribution in [0.3, 0.4) is 0 Å². The molecule has 0 aliphatic heterocycles. The summed E-state index contributed by atoms with van der Waals surface area (Å²) in [7, 11) is -2.07. The molecule has 2 aromatic rings. The molecular weight excluding hydrogens is 322 g/mol. The van der Waals surface area contributed by atoms with Crippen LogP contribution in [0.4, 0.5) is 5.69 Å². The van der Waals surface area contributed by atoms with Gasteiger partial charge in [0.2, 0.25) is 0 Å². The summed E-state index contributed by atoms with van der Waals surface area (Å²) in [6.45, 7) is 9.64. The summed E-state index contributed by atoms with van der Waals surface area (Å²) in [6.07, 6.45) is 0. The second-order valence-corrected chi connectivity index (χ2v) is 8.09. The maximum atomic E-state index is 12.9. The van der Waals surface area contributed by atoms with E-state index in [1.807, 2.05) is 45.9 Å². The number of methoxy groups -OCH3 is 1. The number of aryl methyl sites for hydroxylation is 3. The topological polar surface area (TPSA) is 55.4 Å². The zero-order chi connectivity index (χ0) is 18.1. The Morgan fingerprint density at radius 1 is 1.00 bits per heavy atom. The van der Waals surface area contributed by atoms with Crippen molar-refractivity contribution in [3.8, 4) is 5.75 Å². The number of ether oxygens (including phenoxy) is 1. The van der Waals surface area contributed by atoms with Crippen LogP contribution < -0.4 is 9.46 Å². The number of nitrogens with one attached hydrogen (secondary N) is 1. The highest BCUT2D eigenvalue weighted by atomic mass is 32.2. The van der Waals surface area contributed by atoms with Crippen LogP contribution in [0.15, 0.2) is 35.2 Å². The van der Waals surface area contributed by atoms with E-state index in [0.29, 0.717) is 17.0 Å². The standard InChI is InChI=1S/C19H25NO3S/c1-12(2)16-11-19(15(5)10-18(16)23-6)24(21,22)20-17-9-13(3)7-8-14(17)4/h7-12,20H,1-6H3. The van der Waals surface area contributed by atoms with E-state index in [0.717, 1.165) is 16.7 Å². The Balaban J connectivity index is 2.53. The van der Waals surface area contributed by atoms with Crippen LogP contribution in [0.2, 0.25) is 0 Å². The second-order valence-electron chi connectivity index (χ2n) is 6.44. The van der Waals surface area contributed by atoms with Gasteiger partial charge in [0.05, 0.1) is 17.7 Å². The molecule has 0 heterocycles. The first-order chi connectivity index (χ1) is 11.2. The van der Waals surface area contributed by atoms with Crippen molar-refractivity contribution in [2.75, 3.05) is 11.8 Å². The third kappa shape index (κ3) is 3.73. The zero-order valence-corrected chi connectivity index (χ0v) is 15.9. The lowest BCUT2D eigenvalue weighted by atomic mass is 10.0. The van der Waals surface area contributed by atoms with Crippen molar-refractivity contribution in [2.24, 2.45) is 0 Å². The van der Waals surface area contributed by atoms with Gasteiger partial charge in [-0.1, -0.05) is 26.0 Å². The van der Waals surface area contributed by atoms with Crippen LogP contribution in [-0.4, -0.2) is 15.5 Å². The average molecular weight is 347 g/mol. The van der Waals surface area contributed by atoms with Gasteiger partial charge in [0.1, 0.15) is 5.75 Å². The maximum Gasteiger partial charge on any atom is 0.262 e. The number of hydrogen-bond donors (Lipinski definition) is 1. The third-order valence-corrected chi connectivity index (χ3v) is 5.58. The van der Waals surface area contributed by atoms with Gasteiger partial charge in [0.25, 0.3) is 10.0 Å². The van der Waals surface area contributed by atoms with Crippen molar-refractivity contribution < 1.29 is 13.2 Å². The molecule has 0 radical (unpaired) electrons. The van der Waals surface area contributed by atoms with E-state index in [1.165, 1.54) is 0 Å². The molecule has 0 unspecified atom stereocenters. The quantitative estimate of drug-likeness (QED) is 0.863. The van der Waals surface area contributed by atoms with Gasteiger partial charge >= 0.3 is 0 Å². The first kappa shape index (κ1) is 18.3. The molecule has 24 heavy (non-hydrogen) atoms. The fourth-order valence-electron chi connectivity index (χ4n) is 2.64. The van der Waals surface area contributed by atoms with Crippen LogP contribution in [0, 0.1) is 20.8 Å². The largest absolute Gasteiger partial charge is 0.496 e. The molecule has 2 aromatic carbocycles. The first-order valence-corrected chi connectivity index (χ1v) is 9.42. The molecular formula is C19H25NO3S. The molecule has 0 saturated heterocycles. The number of benzene rings is 2. The van der Waals surface area contributed by atoms with E-state index < -0.39 is 10.0 Å². The number of anilines is 1. The summed E-state index contributed by atoms with van der Waals surface area (Å²) in [4.78, 5) is 0.285. The molecule has 130 valence electrons. The van der Waals surface area contributed by atoms with Gasteiger partial charge in [-0.25, -0.2) is 8.42 Å². The van der Waals surface area contributed by atoms with E-state index in [-0.39, 0.29) is 10.8 Å². The van der Waals surface area contributed by atoms with Gasteiger partial charge < -0.3 is 4.74 Å². The molecule has 4 nitrogen and oxygen atoms in total. The van der Waals surface area contributed by atoms with Crippen LogP contribution in [0.1, 0.15) is 42.0 Å². The minimum absolute atomic E-state index is 0.162. The summed E-state index contributed by atoms with van der Waals surface area (Å²) in [5.74, 6) is 0.878. The van der Waals surface area contributed by atoms with E-state index in [4.69, 9.17) is 4.74 Å². The molecule has 0 fully saturated rings. The van der Waals surface area contributed by atoms with Crippen molar-refractivity contribution in [1.29, 1.82) is 0 Å². The van der Waals surface area contributed by atoms with E-state index in [2.05, 4.69) is 4.72 Å².